The number of thiazole rings is 1. The van der Waals surface area contributed by atoms with Gasteiger partial charge in [0, 0.05) is 25.6 Å². The van der Waals surface area contributed by atoms with Crippen molar-refractivity contribution < 1.29 is 19.7 Å². The molecule has 7 nitrogen and oxygen atoms in total. The van der Waals surface area contributed by atoms with Crippen molar-refractivity contribution in [2.24, 2.45) is 0 Å². The summed E-state index contributed by atoms with van der Waals surface area (Å²) in [5.74, 6) is 0.672. The fraction of sp³-hybridized carbons (Fsp3) is 0.400. The summed E-state index contributed by atoms with van der Waals surface area (Å²) in [5, 5.41) is 23.1. The van der Waals surface area contributed by atoms with E-state index in [2.05, 4.69) is 22.4 Å². The van der Waals surface area contributed by atoms with E-state index < -0.39 is 6.10 Å². The van der Waals surface area contributed by atoms with Crippen LogP contribution in [0.5, 0.6) is 11.6 Å². The Balaban J connectivity index is 1.27. The number of aromatic amines is 1. The molecule has 3 rings (SSSR count). The minimum absolute atomic E-state index is 0.0616. The number of benzene rings is 2. The van der Waals surface area contributed by atoms with Gasteiger partial charge in [0.05, 0.1) is 17.6 Å². The number of hydrogen-bond donors (Lipinski definition) is 4. The largest absolute Gasteiger partial charge is 0.494 e. The Hall–Kier alpha value is -2.65. The third-order valence-corrected chi connectivity index (χ3v) is 5.97. The molecule has 0 aliphatic rings. The maximum atomic E-state index is 11.3. The molecule has 2 unspecified atom stereocenters. The molecule has 2 atom stereocenters. The molecule has 0 amide bonds. The Labute approximate surface area is 198 Å². The summed E-state index contributed by atoms with van der Waals surface area (Å²) >= 11 is 1.01. The lowest BCUT2D eigenvalue weighted by Crippen LogP contribution is -2.39. The number of aromatic nitrogens is 1. The lowest BCUT2D eigenvalue weighted by molar-refractivity contribution is 0.0343. The molecule has 0 fully saturated rings. The SMILES string of the molecule is CC(COc1ccc(Cc2sc(=O)[nH]c2O)cc1)NCC(O)COCCCc1ccccc1. The van der Waals surface area contributed by atoms with Crippen LogP contribution in [-0.4, -0.2) is 53.7 Å². The minimum atomic E-state index is -0.566. The molecule has 0 saturated carbocycles. The number of rotatable bonds is 14. The van der Waals surface area contributed by atoms with Gasteiger partial charge in [-0.2, -0.15) is 0 Å². The molecule has 178 valence electrons. The number of aromatic hydroxyl groups is 1. The molecule has 0 saturated heterocycles. The first-order valence-electron chi connectivity index (χ1n) is 11.2. The zero-order valence-electron chi connectivity index (χ0n) is 18.8. The quantitative estimate of drug-likeness (QED) is 0.269. The Morgan fingerprint density at radius 2 is 1.82 bits per heavy atom. The maximum absolute atomic E-state index is 11.3. The lowest BCUT2D eigenvalue weighted by atomic mass is 10.1. The lowest BCUT2D eigenvalue weighted by Gasteiger charge is -2.18. The van der Waals surface area contributed by atoms with Crippen LogP contribution in [0.25, 0.3) is 0 Å². The number of nitrogens with one attached hydrogen (secondary N) is 2. The van der Waals surface area contributed by atoms with Crippen LogP contribution in [0.4, 0.5) is 0 Å². The monoisotopic (exact) mass is 472 g/mol. The molecule has 4 N–H and O–H groups in total. The summed E-state index contributed by atoms with van der Waals surface area (Å²) in [6.07, 6.45) is 1.82. The van der Waals surface area contributed by atoms with Crippen LogP contribution in [0.15, 0.2) is 59.4 Å². The van der Waals surface area contributed by atoms with E-state index in [4.69, 9.17) is 9.47 Å². The van der Waals surface area contributed by atoms with Crippen molar-refractivity contribution in [2.45, 2.75) is 38.3 Å². The highest BCUT2D eigenvalue weighted by Gasteiger charge is 2.10. The van der Waals surface area contributed by atoms with Gasteiger partial charge in [-0.3, -0.25) is 9.78 Å². The van der Waals surface area contributed by atoms with Gasteiger partial charge in [-0.1, -0.05) is 53.8 Å². The molecule has 0 aliphatic carbocycles. The number of aryl methyl sites for hydroxylation is 1. The third-order valence-electron chi connectivity index (χ3n) is 5.10. The maximum Gasteiger partial charge on any atom is 0.307 e. The van der Waals surface area contributed by atoms with Gasteiger partial charge in [0.2, 0.25) is 5.88 Å². The fourth-order valence-electron chi connectivity index (χ4n) is 3.28. The average Bonchev–Trinajstić information content (AvgIpc) is 3.14. The molecule has 33 heavy (non-hydrogen) atoms. The topological polar surface area (TPSA) is 104 Å². The molecule has 0 radical (unpaired) electrons. The first-order chi connectivity index (χ1) is 16.0. The van der Waals surface area contributed by atoms with Crippen molar-refractivity contribution in [3.8, 4) is 11.6 Å². The summed E-state index contributed by atoms with van der Waals surface area (Å²) in [6.45, 7) is 3.83. The molecule has 0 aliphatic heterocycles. The van der Waals surface area contributed by atoms with Gasteiger partial charge >= 0.3 is 4.87 Å². The van der Waals surface area contributed by atoms with Crippen LogP contribution in [0, 0.1) is 0 Å². The molecule has 0 spiro atoms. The van der Waals surface area contributed by atoms with Crippen molar-refractivity contribution in [1.82, 2.24) is 10.3 Å². The van der Waals surface area contributed by atoms with Crippen molar-refractivity contribution in [3.05, 3.63) is 80.3 Å². The van der Waals surface area contributed by atoms with Gasteiger partial charge in [-0.25, -0.2) is 0 Å². The number of aliphatic hydroxyl groups excluding tert-OH is 1. The van der Waals surface area contributed by atoms with E-state index in [1.54, 1.807) is 0 Å². The summed E-state index contributed by atoms with van der Waals surface area (Å²) in [7, 11) is 0. The standard InChI is InChI=1S/C25H32N2O5S/c1-18(26-15-21(28)17-31-13-5-8-19-6-3-2-4-7-19)16-32-22-11-9-20(10-12-22)14-23-24(29)27-25(30)33-23/h2-4,6-7,9-12,18,21,26,28-29H,5,8,13-17H2,1H3,(H,27,30). The van der Waals surface area contributed by atoms with Gasteiger partial charge in [0.15, 0.2) is 0 Å². The molecule has 1 aromatic heterocycles. The van der Waals surface area contributed by atoms with Gasteiger partial charge in [-0.05, 0) is 43.0 Å². The first kappa shape index (κ1) is 25.0. The van der Waals surface area contributed by atoms with E-state index in [0.29, 0.717) is 37.7 Å². The van der Waals surface area contributed by atoms with Crippen LogP contribution in [-0.2, 0) is 17.6 Å². The summed E-state index contributed by atoms with van der Waals surface area (Å²) in [5.41, 5.74) is 2.27. The number of H-pyrrole nitrogens is 1. The van der Waals surface area contributed by atoms with Crippen LogP contribution >= 0.6 is 11.3 Å². The fourth-order valence-corrected chi connectivity index (χ4v) is 4.04. The minimum Gasteiger partial charge on any atom is -0.494 e. The highest BCUT2D eigenvalue weighted by Crippen LogP contribution is 2.21. The van der Waals surface area contributed by atoms with E-state index >= 15 is 0 Å². The first-order valence-corrected chi connectivity index (χ1v) is 12.0. The van der Waals surface area contributed by atoms with E-state index in [9.17, 15) is 15.0 Å². The highest BCUT2D eigenvalue weighted by atomic mass is 32.1. The van der Waals surface area contributed by atoms with Gasteiger partial charge in [0.25, 0.3) is 0 Å². The zero-order valence-corrected chi connectivity index (χ0v) is 19.6. The van der Waals surface area contributed by atoms with Crippen LogP contribution < -0.4 is 14.9 Å². The van der Waals surface area contributed by atoms with Crippen LogP contribution in [0.1, 0.15) is 29.3 Å². The Bertz CT molecular complexity index is 1000. The Kier molecular flexibility index (Phi) is 9.96. The van der Waals surface area contributed by atoms with Crippen LogP contribution in [0.3, 0.4) is 0 Å². The van der Waals surface area contributed by atoms with Crippen molar-refractivity contribution >= 4 is 11.3 Å². The predicted molar refractivity (Wildman–Crippen MR) is 130 cm³/mol. The molecular weight excluding hydrogens is 440 g/mol. The van der Waals surface area contributed by atoms with Gasteiger partial charge < -0.3 is 25.0 Å². The van der Waals surface area contributed by atoms with E-state index in [1.807, 2.05) is 49.4 Å². The van der Waals surface area contributed by atoms with Crippen molar-refractivity contribution in [2.75, 3.05) is 26.4 Å². The van der Waals surface area contributed by atoms with E-state index in [0.717, 1.165) is 35.5 Å². The number of hydrogen-bond acceptors (Lipinski definition) is 7. The second kappa shape index (κ2) is 13.2. The van der Waals surface area contributed by atoms with E-state index in [-0.39, 0.29) is 16.8 Å². The second-order valence-electron chi connectivity index (χ2n) is 8.05. The molecular formula is C25H32N2O5S. The molecule has 0 bridgehead atoms. The van der Waals surface area contributed by atoms with Gasteiger partial charge in [0.1, 0.15) is 12.4 Å². The zero-order chi connectivity index (χ0) is 23.5. The Morgan fingerprint density at radius 1 is 1.06 bits per heavy atom. The summed E-state index contributed by atoms with van der Waals surface area (Å²) in [6, 6.07) is 17.9. The normalized spacial score (nSPS) is 13.0. The summed E-state index contributed by atoms with van der Waals surface area (Å²) < 4.78 is 11.4. The van der Waals surface area contributed by atoms with Crippen molar-refractivity contribution in [1.29, 1.82) is 0 Å². The predicted octanol–water partition coefficient (Wildman–Crippen LogP) is 3.10. The van der Waals surface area contributed by atoms with E-state index in [1.165, 1.54) is 5.56 Å². The highest BCUT2D eigenvalue weighted by molar-refractivity contribution is 7.09. The van der Waals surface area contributed by atoms with Crippen LogP contribution in [0.2, 0.25) is 0 Å². The molecule has 2 aromatic carbocycles. The number of ether oxygens (including phenoxy) is 2. The summed E-state index contributed by atoms with van der Waals surface area (Å²) in [4.78, 5) is 14.0. The average molecular weight is 473 g/mol. The molecule has 8 heteroatoms. The van der Waals surface area contributed by atoms with Gasteiger partial charge in [-0.15, -0.1) is 0 Å². The molecule has 3 aromatic rings. The number of aliphatic hydroxyl groups is 1. The molecule has 1 heterocycles. The second-order valence-corrected chi connectivity index (χ2v) is 9.11. The van der Waals surface area contributed by atoms with Crippen molar-refractivity contribution in [3.63, 3.8) is 0 Å². The Morgan fingerprint density at radius 3 is 2.52 bits per heavy atom. The smallest absolute Gasteiger partial charge is 0.307 e. The third kappa shape index (κ3) is 9.01.